The highest BCUT2D eigenvalue weighted by Gasteiger charge is 2.18. The number of primary amides is 1. The molecule has 0 bridgehead atoms. The molecule has 4 N–H and O–H groups in total. The Morgan fingerprint density at radius 3 is 2.41 bits per heavy atom. The highest BCUT2D eigenvalue weighted by atomic mass is 32.1. The van der Waals surface area contributed by atoms with E-state index in [4.69, 9.17) is 5.73 Å². The minimum absolute atomic E-state index is 0.0125. The normalized spacial score (nSPS) is 13.0. The first-order chi connectivity index (χ1) is 13.0. The molecule has 146 valence electrons. The van der Waals surface area contributed by atoms with Crippen LogP contribution in [0, 0.1) is 0 Å². The molecule has 0 fully saturated rings. The van der Waals surface area contributed by atoms with Crippen LogP contribution < -0.4 is 16.4 Å². The van der Waals surface area contributed by atoms with Gasteiger partial charge in [-0.2, -0.15) is 0 Å². The van der Waals surface area contributed by atoms with Gasteiger partial charge in [0, 0.05) is 17.8 Å². The molecule has 1 aromatic heterocycles. The Labute approximate surface area is 165 Å². The minimum atomic E-state index is -0.530. The maximum atomic E-state index is 12.4. The van der Waals surface area contributed by atoms with Crippen LogP contribution in [0.1, 0.15) is 67.5 Å². The summed E-state index contributed by atoms with van der Waals surface area (Å²) in [6, 6.07) is 11.9. The summed E-state index contributed by atoms with van der Waals surface area (Å²) >= 11 is 1.64. The molecule has 0 spiro atoms. The molecule has 2 unspecified atom stereocenters. The molecule has 6 heteroatoms. The fourth-order valence-electron chi connectivity index (χ4n) is 2.88. The van der Waals surface area contributed by atoms with Crippen LogP contribution in [-0.2, 0) is 4.79 Å². The fraction of sp³-hybridized carbons (Fsp3) is 0.429. The first-order valence-electron chi connectivity index (χ1n) is 9.47. The molecular formula is C21H29N3O2S. The average Bonchev–Trinajstić information content (AvgIpc) is 3.19. The number of rotatable bonds is 10. The predicted molar refractivity (Wildman–Crippen MR) is 111 cm³/mol. The van der Waals surface area contributed by atoms with E-state index in [0.29, 0.717) is 25.3 Å². The number of thiophene rings is 1. The number of nitrogens with two attached hydrogens (primary N) is 1. The van der Waals surface area contributed by atoms with Gasteiger partial charge in [-0.25, -0.2) is 4.79 Å². The molecule has 3 amide bonds. The van der Waals surface area contributed by atoms with Crippen molar-refractivity contribution in [1.29, 1.82) is 0 Å². The van der Waals surface area contributed by atoms with Crippen LogP contribution in [-0.4, -0.2) is 18.5 Å². The number of unbranched alkanes of at least 4 members (excludes halogenated alkanes) is 1. The maximum absolute atomic E-state index is 12.4. The molecular weight excluding hydrogens is 358 g/mol. The van der Waals surface area contributed by atoms with E-state index < -0.39 is 6.03 Å². The van der Waals surface area contributed by atoms with Crippen molar-refractivity contribution in [2.45, 2.75) is 51.5 Å². The summed E-state index contributed by atoms with van der Waals surface area (Å²) in [5, 5.41) is 7.72. The first-order valence-corrected chi connectivity index (χ1v) is 10.3. The van der Waals surface area contributed by atoms with Crippen LogP contribution in [0.2, 0.25) is 0 Å². The smallest absolute Gasteiger partial charge is 0.312 e. The van der Waals surface area contributed by atoms with Gasteiger partial charge in [0.05, 0.1) is 6.04 Å². The van der Waals surface area contributed by atoms with Gasteiger partial charge in [0.1, 0.15) is 0 Å². The van der Waals surface area contributed by atoms with Crippen molar-refractivity contribution in [2.75, 3.05) is 6.54 Å². The number of hydrogen-bond acceptors (Lipinski definition) is 3. The number of nitrogens with one attached hydrogen (secondary N) is 2. The van der Waals surface area contributed by atoms with E-state index in [-0.39, 0.29) is 11.9 Å². The van der Waals surface area contributed by atoms with Crippen LogP contribution in [0.4, 0.5) is 4.79 Å². The Morgan fingerprint density at radius 2 is 1.81 bits per heavy atom. The van der Waals surface area contributed by atoms with E-state index in [1.165, 1.54) is 5.56 Å². The molecule has 27 heavy (non-hydrogen) atoms. The third-order valence-corrected chi connectivity index (χ3v) is 5.65. The third-order valence-electron chi connectivity index (χ3n) is 4.71. The zero-order valence-corrected chi connectivity index (χ0v) is 16.9. The quantitative estimate of drug-likeness (QED) is 0.531. The molecule has 1 aromatic carbocycles. The Kier molecular flexibility index (Phi) is 8.33. The lowest BCUT2D eigenvalue weighted by Crippen LogP contribution is -2.31. The molecule has 1 heterocycles. The third kappa shape index (κ3) is 6.71. The van der Waals surface area contributed by atoms with E-state index in [1.807, 2.05) is 11.4 Å². The van der Waals surface area contributed by atoms with E-state index in [0.717, 1.165) is 23.3 Å². The van der Waals surface area contributed by atoms with Gasteiger partial charge in [-0.3, -0.25) is 4.79 Å². The lowest BCUT2D eigenvalue weighted by atomic mass is 9.95. The highest BCUT2D eigenvalue weighted by Crippen LogP contribution is 2.28. The van der Waals surface area contributed by atoms with Crippen molar-refractivity contribution in [3.63, 3.8) is 0 Å². The van der Waals surface area contributed by atoms with Gasteiger partial charge < -0.3 is 16.4 Å². The van der Waals surface area contributed by atoms with Gasteiger partial charge in [-0.05, 0) is 47.8 Å². The summed E-state index contributed by atoms with van der Waals surface area (Å²) in [4.78, 5) is 24.2. The van der Waals surface area contributed by atoms with Crippen molar-refractivity contribution in [1.82, 2.24) is 10.6 Å². The van der Waals surface area contributed by atoms with Crippen LogP contribution in [0.15, 0.2) is 41.8 Å². The lowest BCUT2D eigenvalue weighted by Gasteiger charge is -2.19. The van der Waals surface area contributed by atoms with Gasteiger partial charge in [0.2, 0.25) is 5.91 Å². The lowest BCUT2D eigenvalue weighted by molar-refractivity contribution is -0.121. The summed E-state index contributed by atoms with van der Waals surface area (Å²) in [6.07, 6.45) is 2.96. The topological polar surface area (TPSA) is 84.2 Å². The second-order valence-corrected chi connectivity index (χ2v) is 7.72. The summed E-state index contributed by atoms with van der Waals surface area (Å²) in [7, 11) is 0. The van der Waals surface area contributed by atoms with Crippen LogP contribution in [0.25, 0.3) is 0 Å². The fourth-order valence-corrected chi connectivity index (χ4v) is 3.68. The molecule has 2 aromatic rings. The largest absolute Gasteiger partial charge is 0.352 e. The zero-order valence-electron chi connectivity index (χ0n) is 16.0. The van der Waals surface area contributed by atoms with Gasteiger partial charge in [-0.1, -0.05) is 44.2 Å². The van der Waals surface area contributed by atoms with Gasteiger partial charge in [0.25, 0.3) is 0 Å². The molecule has 0 saturated carbocycles. The number of hydrogen-bond donors (Lipinski definition) is 3. The number of urea groups is 1. The van der Waals surface area contributed by atoms with Crippen molar-refractivity contribution in [3.05, 3.63) is 57.8 Å². The number of carbonyl (C=O) groups is 2. The summed E-state index contributed by atoms with van der Waals surface area (Å²) in [6.45, 7) is 4.90. The summed E-state index contributed by atoms with van der Waals surface area (Å²) in [5.74, 6) is 0.543. The number of benzene rings is 1. The molecule has 0 aliphatic rings. The van der Waals surface area contributed by atoms with Crippen LogP contribution in [0.5, 0.6) is 0 Å². The SMILES string of the molecule is CCC(C)c1ccc(C(NC(=O)CCCCNC(N)=O)c2cccs2)cc1. The highest BCUT2D eigenvalue weighted by molar-refractivity contribution is 7.10. The van der Waals surface area contributed by atoms with E-state index in [2.05, 4.69) is 54.8 Å². The minimum Gasteiger partial charge on any atom is -0.352 e. The second kappa shape index (κ2) is 10.7. The van der Waals surface area contributed by atoms with E-state index >= 15 is 0 Å². The van der Waals surface area contributed by atoms with E-state index in [9.17, 15) is 9.59 Å². The van der Waals surface area contributed by atoms with Crippen molar-refractivity contribution in [2.24, 2.45) is 5.73 Å². The number of carbonyl (C=O) groups excluding carboxylic acids is 2. The maximum Gasteiger partial charge on any atom is 0.312 e. The molecule has 0 radical (unpaired) electrons. The standard InChI is InChI=1S/C21H29N3O2S/c1-3-15(2)16-9-11-17(12-10-16)20(18-7-6-14-27-18)24-19(25)8-4-5-13-23-21(22)26/h6-7,9-12,14-15,20H,3-5,8,13H2,1-2H3,(H,24,25)(H3,22,23,26). The van der Waals surface area contributed by atoms with Gasteiger partial charge in [0.15, 0.2) is 0 Å². The van der Waals surface area contributed by atoms with Crippen LogP contribution >= 0.6 is 11.3 Å². The number of amides is 3. The Morgan fingerprint density at radius 1 is 1.11 bits per heavy atom. The van der Waals surface area contributed by atoms with Gasteiger partial charge in [-0.15, -0.1) is 11.3 Å². The molecule has 0 aliphatic carbocycles. The van der Waals surface area contributed by atoms with Crippen molar-refractivity contribution in [3.8, 4) is 0 Å². The van der Waals surface area contributed by atoms with Crippen molar-refractivity contribution < 1.29 is 9.59 Å². The molecule has 0 saturated heterocycles. The zero-order chi connectivity index (χ0) is 19.6. The van der Waals surface area contributed by atoms with Crippen molar-refractivity contribution >= 4 is 23.3 Å². The summed E-state index contributed by atoms with van der Waals surface area (Å²) < 4.78 is 0. The first kappa shape index (κ1) is 21.0. The average molecular weight is 388 g/mol. The van der Waals surface area contributed by atoms with Gasteiger partial charge >= 0.3 is 6.03 Å². The molecule has 2 rings (SSSR count). The second-order valence-electron chi connectivity index (χ2n) is 6.74. The summed E-state index contributed by atoms with van der Waals surface area (Å²) in [5.41, 5.74) is 7.44. The van der Waals surface area contributed by atoms with Crippen LogP contribution in [0.3, 0.4) is 0 Å². The molecule has 0 aliphatic heterocycles. The van der Waals surface area contributed by atoms with E-state index in [1.54, 1.807) is 11.3 Å². The predicted octanol–water partition coefficient (Wildman–Crippen LogP) is 4.31. The Bertz CT molecular complexity index is 714. The molecule has 2 atom stereocenters. The molecule has 5 nitrogen and oxygen atoms in total. The Hall–Kier alpha value is -2.34. The Balaban J connectivity index is 1.99. The monoisotopic (exact) mass is 387 g/mol.